The fourth-order valence-electron chi connectivity index (χ4n) is 2.14. The number of hydrogen-bond donors (Lipinski definition) is 1. The number of aliphatic imine (C=N–C) groups is 1. The monoisotopic (exact) mass is 232 g/mol. The summed E-state index contributed by atoms with van der Waals surface area (Å²) < 4.78 is 5.25. The van der Waals surface area contributed by atoms with Crippen molar-refractivity contribution in [1.82, 2.24) is 0 Å². The maximum absolute atomic E-state index is 5.57. The van der Waals surface area contributed by atoms with Gasteiger partial charge in [-0.05, 0) is 30.4 Å². The van der Waals surface area contributed by atoms with Crippen LogP contribution in [0.5, 0.6) is 0 Å². The molecule has 2 N–H and O–H groups in total. The molecule has 0 amide bonds. The largest absolute Gasteiger partial charge is 0.462 e. The summed E-state index contributed by atoms with van der Waals surface area (Å²) in [4.78, 5) is 4.35. The Hall–Kier alpha value is -1.51. The van der Waals surface area contributed by atoms with Crippen LogP contribution < -0.4 is 5.73 Å². The molecule has 0 saturated heterocycles. The summed E-state index contributed by atoms with van der Waals surface area (Å²) in [6, 6.07) is 8.89. The van der Waals surface area contributed by atoms with Crippen molar-refractivity contribution in [3.63, 3.8) is 0 Å². The van der Waals surface area contributed by atoms with Crippen molar-refractivity contribution in [3.8, 4) is 0 Å². The van der Waals surface area contributed by atoms with E-state index in [0.29, 0.717) is 18.5 Å². The van der Waals surface area contributed by atoms with E-state index in [1.807, 2.05) is 6.92 Å². The first-order valence-corrected chi connectivity index (χ1v) is 6.07. The van der Waals surface area contributed by atoms with E-state index >= 15 is 0 Å². The number of ether oxygens (including phenoxy) is 1. The van der Waals surface area contributed by atoms with Gasteiger partial charge in [0.15, 0.2) is 0 Å². The number of benzene rings is 1. The molecule has 1 unspecified atom stereocenters. The van der Waals surface area contributed by atoms with Gasteiger partial charge in [-0.15, -0.1) is 0 Å². The summed E-state index contributed by atoms with van der Waals surface area (Å²) in [5.74, 6) is 0.680. The van der Waals surface area contributed by atoms with Gasteiger partial charge in [-0.3, -0.25) is 0 Å². The lowest BCUT2D eigenvalue weighted by Gasteiger charge is -2.19. The zero-order chi connectivity index (χ0) is 12.5. The minimum Gasteiger partial charge on any atom is -0.462 e. The van der Waals surface area contributed by atoms with Crippen LogP contribution >= 0.6 is 0 Å². The first-order chi connectivity index (χ1) is 7.99. The van der Waals surface area contributed by atoms with Gasteiger partial charge < -0.3 is 10.5 Å². The molecule has 1 aromatic carbocycles. The number of nitrogens with zero attached hydrogens (tertiary/aromatic N) is 1. The molecule has 3 nitrogen and oxygen atoms in total. The third kappa shape index (κ3) is 2.60. The van der Waals surface area contributed by atoms with Crippen LogP contribution in [-0.4, -0.2) is 12.6 Å². The van der Waals surface area contributed by atoms with Crippen molar-refractivity contribution in [2.75, 3.05) is 6.61 Å². The molecule has 2 rings (SSSR count). The third-order valence-electron chi connectivity index (χ3n) is 3.08. The van der Waals surface area contributed by atoms with Crippen LogP contribution in [0.2, 0.25) is 0 Å². The predicted octanol–water partition coefficient (Wildman–Crippen LogP) is 2.45. The van der Waals surface area contributed by atoms with Crippen LogP contribution in [0.25, 0.3) is 0 Å². The normalized spacial score (nSPS) is 23.6. The van der Waals surface area contributed by atoms with Crippen LogP contribution in [-0.2, 0) is 16.7 Å². The third-order valence-corrected chi connectivity index (χ3v) is 3.08. The highest BCUT2D eigenvalue weighted by molar-refractivity contribution is 5.74. The highest BCUT2D eigenvalue weighted by Crippen LogP contribution is 2.29. The van der Waals surface area contributed by atoms with Crippen molar-refractivity contribution in [2.24, 2.45) is 16.6 Å². The molecule has 0 spiro atoms. The molecule has 1 atom stereocenters. The SMILES string of the molecule is CC(C)Cc1ccc(C2(C)COC(N)=N2)cc1. The number of amidine groups is 1. The van der Waals surface area contributed by atoms with Crippen molar-refractivity contribution >= 4 is 6.02 Å². The second-order valence-corrected chi connectivity index (χ2v) is 5.31. The fraction of sp³-hybridized carbons (Fsp3) is 0.500. The molecule has 1 aromatic rings. The highest BCUT2D eigenvalue weighted by atomic mass is 16.5. The van der Waals surface area contributed by atoms with Crippen molar-refractivity contribution in [1.29, 1.82) is 0 Å². The smallest absolute Gasteiger partial charge is 0.283 e. The van der Waals surface area contributed by atoms with Crippen molar-refractivity contribution in [3.05, 3.63) is 35.4 Å². The van der Waals surface area contributed by atoms with E-state index in [4.69, 9.17) is 10.5 Å². The second kappa shape index (κ2) is 4.40. The van der Waals surface area contributed by atoms with Gasteiger partial charge in [0, 0.05) is 0 Å². The average Bonchev–Trinajstić information content (AvgIpc) is 2.60. The molecule has 0 radical (unpaired) electrons. The van der Waals surface area contributed by atoms with E-state index in [9.17, 15) is 0 Å². The Morgan fingerprint density at radius 2 is 2.00 bits per heavy atom. The van der Waals surface area contributed by atoms with E-state index in [1.54, 1.807) is 0 Å². The second-order valence-electron chi connectivity index (χ2n) is 5.31. The highest BCUT2D eigenvalue weighted by Gasteiger charge is 2.32. The Balaban J connectivity index is 2.18. The standard InChI is InChI=1S/C14H20N2O/c1-10(2)8-11-4-6-12(7-5-11)14(3)9-17-13(15)16-14/h4-7,10H,8-9H2,1-3H3,(H2,15,16). The van der Waals surface area contributed by atoms with Gasteiger partial charge in [0.1, 0.15) is 12.1 Å². The van der Waals surface area contributed by atoms with Gasteiger partial charge in [-0.25, -0.2) is 4.99 Å². The molecule has 1 aliphatic heterocycles. The van der Waals surface area contributed by atoms with Crippen LogP contribution in [0.1, 0.15) is 31.9 Å². The van der Waals surface area contributed by atoms with Crippen LogP contribution in [0.15, 0.2) is 29.3 Å². The Labute approximate surface area is 103 Å². The van der Waals surface area contributed by atoms with E-state index in [0.717, 1.165) is 12.0 Å². The summed E-state index contributed by atoms with van der Waals surface area (Å²) in [7, 11) is 0. The molecule has 0 saturated carbocycles. The Morgan fingerprint density at radius 1 is 1.35 bits per heavy atom. The molecule has 0 bridgehead atoms. The van der Waals surface area contributed by atoms with Gasteiger partial charge in [-0.1, -0.05) is 38.1 Å². The van der Waals surface area contributed by atoms with E-state index in [-0.39, 0.29) is 5.54 Å². The summed E-state index contributed by atoms with van der Waals surface area (Å²) in [5, 5.41) is 0. The zero-order valence-electron chi connectivity index (χ0n) is 10.7. The number of hydrogen-bond acceptors (Lipinski definition) is 3. The molecular weight excluding hydrogens is 212 g/mol. The molecular formula is C14H20N2O. The first kappa shape index (κ1) is 12.0. The molecule has 17 heavy (non-hydrogen) atoms. The minimum absolute atomic E-state index is 0.291. The van der Waals surface area contributed by atoms with Crippen molar-refractivity contribution < 1.29 is 4.74 Å². The lowest BCUT2D eigenvalue weighted by Crippen LogP contribution is -2.20. The molecule has 3 heteroatoms. The number of nitrogens with two attached hydrogens (primary N) is 1. The zero-order valence-corrected chi connectivity index (χ0v) is 10.7. The van der Waals surface area contributed by atoms with Gasteiger partial charge in [-0.2, -0.15) is 0 Å². The topological polar surface area (TPSA) is 47.6 Å². The predicted molar refractivity (Wildman–Crippen MR) is 69.9 cm³/mol. The summed E-state index contributed by atoms with van der Waals surface area (Å²) in [5.41, 5.74) is 7.77. The van der Waals surface area contributed by atoms with Crippen LogP contribution in [0, 0.1) is 5.92 Å². The maximum atomic E-state index is 5.57. The lowest BCUT2D eigenvalue weighted by atomic mass is 9.92. The van der Waals surface area contributed by atoms with E-state index in [1.165, 1.54) is 5.56 Å². The Kier molecular flexibility index (Phi) is 3.09. The Bertz CT molecular complexity index is 422. The minimum atomic E-state index is -0.319. The van der Waals surface area contributed by atoms with Gasteiger partial charge in [0.2, 0.25) is 0 Å². The Morgan fingerprint density at radius 3 is 2.47 bits per heavy atom. The summed E-state index contributed by atoms with van der Waals surface area (Å²) in [6.07, 6.45) is 1.11. The maximum Gasteiger partial charge on any atom is 0.283 e. The van der Waals surface area contributed by atoms with Crippen LogP contribution in [0.3, 0.4) is 0 Å². The number of rotatable bonds is 3. The average molecular weight is 232 g/mol. The van der Waals surface area contributed by atoms with Gasteiger partial charge in [0.25, 0.3) is 6.02 Å². The quantitative estimate of drug-likeness (QED) is 0.870. The van der Waals surface area contributed by atoms with Gasteiger partial charge in [0.05, 0.1) is 0 Å². The van der Waals surface area contributed by atoms with Crippen molar-refractivity contribution in [2.45, 2.75) is 32.7 Å². The van der Waals surface area contributed by atoms with E-state index in [2.05, 4.69) is 43.1 Å². The lowest BCUT2D eigenvalue weighted by molar-refractivity contribution is 0.266. The fourth-order valence-corrected chi connectivity index (χ4v) is 2.14. The summed E-state index contributed by atoms with van der Waals surface area (Å²) in [6.45, 7) is 7.03. The molecule has 0 aromatic heterocycles. The molecule has 1 aliphatic rings. The molecule has 1 heterocycles. The molecule has 92 valence electrons. The first-order valence-electron chi connectivity index (χ1n) is 6.07. The molecule has 0 aliphatic carbocycles. The molecule has 0 fully saturated rings. The van der Waals surface area contributed by atoms with Gasteiger partial charge >= 0.3 is 0 Å². The van der Waals surface area contributed by atoms with E-state index < -0.39 is 0 Å². The summed E-state index contributed by atoms with van der Waals surface area (Å²) >= 11 is 0. The van der Waals surface area contributed by atoms with Crippen LogP contribution in [0.4, 0.5) is 0 Å².